The van der Waals surface area contributed by atoms with Crippen LogP contribution in [0.1, 0.15) is 5.56 Å². The number of nitrogens with zero attached hydrogens (tertiary/aromatic N) is 3. The van der Waals surface area contributed by atoms with Gasteiger partial charge in [0.05, 0.1) is 15.9 Å². The minimum absolute atomic E-state index is 0.00140. The molecule has 0 aliphatic heterocycles. The molecule has 0 unspecified atom stereocenters. The molecule has 0 fully saturated rings. The maximum absolute atomic E-state index is 10.8. The lowest BCUT2D eigenvalue weighted by Crippen LogP contribution is -1.95. The highest BCUT2D eigenvalue weighted by molar-refractivity contribution is 6.32. The van der Waals surface area contributed by atoms with E-state index in [4.69, 9.17) is 16.3 Å². The summed E-state index contributed by atoms with van der Waals surface area (Å²) in [5.41, 5.74) is 0.103. The summed E-state index contributed by atoms with van der Waals surface area (Å²) in [6.07, 6.45) is 1.04. The molecule has 108 valence electrons. The van der Waals surface area contributed by atoms with Crippen molar-refractivity contribution in [2.45, 2.75) is 6.92 Å². The third-order valence-electron chi connectivity index (χ3n) is 2.59. The van der Waals surface area contributed by atoms with Gasteiger partial charge in [0, 0.05) is 12.1 Å². The first-order valence-electron chi connectivity index (χ1n) is 5.61. The van der Waals surface area contributed by atoms with Gasteiger partial charge in [-0.25, -0.2) is 4.98 Å². The Morgan fingerprint density at radius 1 is 1.19 bits per heavy atom. The summed E-state index contributed by atoms with van der Waals surface area (Å²) in [5.74, 6) is 0.285. The zero-order valence-electron chi connectivity index (χ0n) is 10.6. The summed E-state index contributed by atoms with van der Waals surface area (Å²) in [6, 6.07) is 5.11. The van der Waals surface area contributed by atoms with Gasteiger partial charge in [-0.2, -0.15) is 0 Å². The maximum Gasteiger partial charge on any atom is 0.291 e. The number of aromatic nitrogens is 1. The van der Waals surface area contributed by atoms with Crippen molar-refractivity contribution in [2.24, 2.45) is 0 Å². The van der Waals surface area contributed by atoms with Gasteiger partial charge in [-0.05, 0) is 18.6 Å². The second-order valence-electron chi connectivity index (χ2n) is 4.04. The lowest BCUT2D eigenvalue weighted by molar-refractivity contribution is -0.385. The van der Waals surface area contributed by atoms with Crippen LogP contribution in [-0.2, 0) is 0 Å². The van der Waals surface area contributed by atoms with Crippen LogP contribution in [0.2, 0.25) is 5.02 Å². The predicted molar refractivity (Wildman–Crippen MR) is 73.8 cm³/mol. The fourth-order valence-electron chi connectivity index (χ4n) is 1.55. The van der Waals surface area contributed by atoms with Crippen molar-refractivity contribution in [3.63, 3.8) is 0 Å². The number of rotatable bonds is 4. The minimum Gasteiger partial charge on any atom is -0.438 e. The molecule has 21 heavy (non-hydrogen) atoms. The van der Waals surface area contributed by atoms with Crippen LogP contribution in [0.3, 0.4) is 0 Å². The molecule has 9 heteroatoms. The van der Waals surface area contributed by atoms with E-state index in [0.29, 0.717) is 5.56 Å². The molecule has 0 atom stereocenters. The fraction of sp³-hybridized carbons (Fsp3) is 0.0833. The van der Waals surface area contributed by atoms with Gasteiger partial charge in [-0.1, -0.05) is 11.6 Å². The number of pyridine rings is 1. The second kappa shape index (κ2) is 5.71. The van der Waals surface area contributed by atoms with Crippen molar-refractivity contribution in [3.8, 4) is 11.6 Å². The topological polar surface area (TPSA) is 108 Å². The van der Waals surface area contributed by atoms with Gasteiger partial charge in [0.25, 0.3) is 11.4 Å². The normalized spacial score (nSPS) is 10.2. The van der Waals surface area contributed by atoms with Gasteiger partial charge in [-0.3, -0.25) is 20.2 Å². The lowest BCUT2D eigenvalue weighted by Gasteiger charge is -2.08. The van der Waals surface area contributed by atoms with Gasteiger partial charge >= 0.3 is 0 Å². The SMILES string of the molecule is Cc1cc(Cl)c([N+](=O)[O-])cc1Oc1ccc([N+](=O)[O-])cn1. The summed E-state index contributed by atoms with van der Waals surface area (Å²) in [4.78, 5) is 23.9. The number of ether oxygens (including phenoxy) is 1. The van der Waals surface area contributed by atoms with E-state index in [-0.39, 0.29) is 28.0 Å². The van der Waals surface area contributed by atoms with Gasteiger partial charge in [0.15, 0.2) is 0 Å². The molecule has 0 saturated carbocycles. The number of hydrogen-bond donors (Lipinski definition) is 0. The summed E-state index contributed by atoms with van der Waals surface area (Å²) < 4.78 is 5.39. The van der Waals surface area contributed by atoms with E-state index in [1.54, 1.807) is 6.92 Å². The summed E-state index contributed by atoms with van der Waals surface area (Å²) >= 11 is 5.77. The Balaban J connectivity index is 2.32. The van der Waals surface area contributed by atoms with E-state index in [2.05, 4.69) is 4.98 Å². The highest BCUT2D eigenvalue weighted by atomic mass is 35.5. The first-order chi connectivity index (χ1) is 9.88. The van der Waals surface area contributed by atoms with Crippen molar-refractivity contribution in [1.29, 1.82) is 0 Å². The van der Waals surface area contributed by atoms with Crippen LogP contribution >= 0.6 is 11.6 Å². The molecule has 1 aromatic heterocycles. The van der Waals surface area contributed by atoms with Gasteiger partial charge in [-0.15, -0.1) is 0 Å². The molecule has 8 nitrogen and oxygen atoms in total. The molecule has 0 aliphatic rings. The summed E-state index contributed by atoms with van der Waals surface area (Å²) in [6.45, 7) is 1.66. The number of halogens is 1. The van der Waals surface area contributed by atoms with E-state index >= 15 is 0 Å². The highest BCUT2D eigenvalue weighted by Gasteiger charge is 2.17. The van der Waals surface area contributed by atoms with Gasteiger partial charge in [0.1, 0.15) is 17.0 Å². The Bertz CT molecular complexity index is 718. The largest absolute Gasteiger partial charge is 0.438 e. The van der Waals surface area contributed by atoms with Crippen LogP contribution in [0, 0.1) is 27.2 Å². The number of hydrogen-bond acceptors (Lipinski definition) is 6. The fourth-order valence-corrected chi connectivity index (χ4v) is 1.83. The Morgan fingerprint density at radius 3 is 2.43 bits per heavy atom. The highest BCUT2D eigenvalue weighted by Crippen LogP contribution is 2.34. The van der Waals surface area contributed by atoms with E-state index in [9.17, 15) is 20.2 Å². The van der Waals surface area contributed by atoms with Crippen molar-refractivity contribution in [1.82, 2.24) is 4.98 Å². The van der Waals surface area contributed by atoms with Gasteiger partial charge in [0.2, 0.25) is 5.88 Å². The molecule has 0 saturated heterocycles. The van der Waals surface area contributed by atoms with Crippen molar-refractivity contribution in [2.75, 3.05) is 0 Å². The first-order valence-corrected chi connectivity index (χ1v) is 5.99. The van der Waals surface area contributed by atoms with Crippen LogP contribution in [0.15, 0.2) is 30.5 Å². The average Bonchev–Trinajstić information content (AvgIpc) is 2.42. The molecular formula is C12H8ClN3O5. The molecule has 2 aromatic rings. The number of nitro benzene ring substituents is 1. The van der Waals surface area contributed by atoms with Crippen LogP contribution in [0.25, 0.3) is 0 Å². The van der Waals surface area contributed by atoms with E-state index in [0.717, 1.165) is 6.20 Å². The van der Waals surface area contributed by atoms with Crippen LogP contribution in [0.4, 0.5) is 11.4 Å². The van der Waals surface area contributed by atoms with Crippen LogP contribution < -0.4 is 4.74 Å². The van der Waals surface area contributed by atoms with E-state index in [1.165, 1.54) is 24.3 Å². The third-order valence-corrected chi connectivity index (χ3v) is 2.89. The monoisotopic (exact) mass is 309 g/mol. The Kier molecular flexibility index (Phi) is 3.99. The number of nitro groups is 2. The van der Waals surface area contributed by atoms with E-state index in [1.807, 2.05) is 0 Å². The molecule has 2 rings (SSSR count). The molecule has 0 spiro atoms. The minimum atomic E-state index is -0.627. The molecule has 1 heterocycles. The van der Waals surface area contributed by atoms with Crippen molar-refractivity contribution < 1.29 is 14.6 Å². The molecular weight excluding hydrogens is 302 g/mol. The second-order valence-corrected chi connectivity index (χ2v) is 4.45. The quantitative estimate of drug-likeness (QED) is 0.630. The number of aryl methyl sites for hydroxylation is 1. The molecule has 1 aromatic carbocycles. The Hall–Kier alpha value is -2.74. The maximum atomic E-state index is 10.8. The van der Waals surface area contributed by atoms with Gasteiger partial charge < -0.3 is 4.74 Å². The number of benzene rings is 1. The zero-order valence-corrected chi connectivity index (χ0v) is 11.4. The molecule has 0 N–H and O–H groups in total. The average molecular weight is 310 g/mol. The standard InChI is InChI=1S/C12H8ClN3O5/c1-7-4-9(13)10(16(19)20)5-11(7)21-12-3-2-8(6-14-12)15(17)18/h2-6H,1H3. The molecule has 0 amide bonds. The van der Waals surface area contributed by atoms with Crippen LogP contribution in [-0.4, -0.2) is 14.8 Å². The molecule has 0 aliphatic carbocycles. The van der Waals surface area contributed by atoms with Crippen LogP contribution in [0.5, 0.6) is 11.6 Å². The summed E-state index contributed by atoms with van der Waals surface area (Å²) in [7, 11) is 0. The predicted octanol–water partition coefficient (Wildman–Crippen LogP) is 3.65. The lowest BCUT2D eigenvalue weighted by atomic mass is 10.2. The molecule has 0 bridgehead atoms. The summed E-state index contributed by atoms with van der Waals surface area (Å²) in [5, 5.41) is 21.4. The van der Waals surface area contributed by atoms with Crippen molar-refractivity contribution in [3.05, 3.63) is 61.3 Å². The zero-order chi connectivity index (χ0) is 15.6. The first kappa shape index (κ1) is 14.7. The van der Waals surface area contributed by atoms with Crippen molar-refractivity contribution >= 4 is 23.0 Å². The smallest absolute Gasteiger partial charge is 0.291 e. The Labute approximate surface area is 123 Å². The Morgan fingerprint density at radius 2 is 1.90 bits per heavy atom. The third kappa shape index (κ3) is 3.23. The van der Waals surface area contributed by atoms with E-state index < -0.39 is 9.85 Å². The molecule has 0 radical (unpaired) electrons.